The van der Waals surface area contributed by atoms with Gasteiger partial charge in [0.25, 0.3) is 0 Å². The van der Waals surface area contributed by atoms with Crippen LogP contribution in [0.2, 0.25) is 0 Å². The largest absolute Gasteiger partial charge is 0.459 e. The molecule has 0 N–H and O–H groups in total. The Morgan fingerprint density at radius 3 is 2.51 bits per heavy atom. The second-order valence-electron chi connectivity index (χ2n) is 12.6. The van der Waals surface area contributed by atoms with Crippen LogP contribution >= 0.6 is 15.9 Å². The summed E-state index contributed by atoms with van der Waals surface area (Å²) in [6.45, 7) is 14.9. The number of piperidine rings is 1. The van der Waals surface area contributed by atoms with Crippen molar-refractivity contribution in [1.82, 2.24) is 19.6 Å². The van der Waals surface area contributed by atoms with Crippen molar-refractivity contribution < 1.29 is 14.1 Å². The first-order chi connectivity index (χ1) is 20.5. The Morgan fingerprint density at radius 2 is 1.88 bits per heavy atom. The van der Waals surface area contributed by atoms with Crippen LogP contribution < -0.4 is 4.90 Å². The standard InChI is InChI=1S/C34H42BrN5O3/c1-23-7-8-27(33-24(2)37-43-25(33)3)19-31(23)40(28-9-10-30(29(35)20-28)39-18-14-36-22-39)17-13-26-11-15-38(16-12-26)21-32(41)42-34(4,5)6/h7-10,14,18-20,22,26H,11-13,15-17,21H2,1-6H3. The van der Waals surface area contributed by atoms with Gasteiger partial charge in [-0.05, 0) is 131 Å². The monoisotopic (exact) mass is 647 g/mol. The van der Waals surface area contributed by atoms with Gasteiger partial charge in [-0.25, -0.2) is 4.98 Å². The summed E-state index contributed by atoms with van der Waals surface area (Å²) in [5, 5.41) is 4.20. The Labute approximate surface area is 263 Å². The Balaban J connectivity index is 1.37. The lowest BCUT2D eigenvalue weighted by Gasteiger charge is -2.34. The lowest BCUT2D eigenvalue weighted by Crippen LogP contribution is -2.40. The number of benzene rings is 2. The fraction of sp³-hybridized carbons (Fsp3) is 0.441. The molecule has 0 bridgehead atoms. The van der Waals surface area contributed by atoms with Gasteiger partial charge in [-0.2, -0.15) is 0 Å². The lowest BCUT2D eigenvalue weighted by atomic mass is 9.93. The summed E-state index contributed by atoms with van der Waals surface area (Å²) in [5.41, 5.74) is 7.13. The summed E-state index contributed by atoms with van der Waals surface area (Å²) in [6.07, 6.45) is 8.73. The zero-order valence-corrected chi connectivity index (χ0v) is 27.6. The summed E-state index contributed by atoms with van der Waals surface area (Å²) in [6, 6.07) is 13.1. The van der Waals surface area contributed by atoms with E-state index in [9.17, 15) is 4.79 Å². The normalized spacial score (nSPS) is 14.7. The van der Waals surface area contributed by atoms with Gasteiger partial charge < -0.3 is 18.7 Å². The average Bonchev–Trinajstić information content (AvgIpc) is 3.59. The molecule has 1 saturated heterocycles. The van der Waals surface area contributed by atoms with Gasteiger partial charge in [0.15, 0.2) is 0 Å². The Morgan fingerprint density at radius 1 is 1.12 bits per heavy atom. The predicted molar refractivity (Wildman–Crippen MR) is 174 cm³/mol. The van der Waals surface area contributed by atoms with Crippen molar-refractivity contribution in [3.8, 4) is 16.8 Å². The molecule has 1 aliphatic rings. The van der Waals surface area contributed by atoms with Gasteiger partial charge >= 0.3 is 5.97 Å². The highest BCUT2D eigenvalue weighted by molar-refractivity contribution is 9.10. The van der Waals surface area contributed by atoms with E-state index in [1.807, 2.05) is 51.7 Å². The number of anilines is 2. The lowest BCUT2D eigenvalue weighted by molar-refractivity contribution is -0.156. The molecule has 9 heteroatoms. The number of esters is 1. The molecular formula is C34H42BrN5O3. The molecule has 4 aromatic rings. The van der Waals surface area contributed by atoms with Crippen molar-refractivity contribution in [2.24, 2.45) is 5.92 Å². The summed E-state index contributed by atoms with van der Waals surface area (Å²) < 4.78 is 14.1. The Hall–Kier alpha value is -3.43. The van der Waals surface area contributed by atoms with E-state index < -0.39 is 5.60 Å². The molecule has 0 atom stereocenters. The number of ether oxygens (including phenoxy) is 1. The van der Waals surface area contributed by atoms with Crippen molar-refractivity contribution in [3.63, 3.8) is 0 Å². The first kappa shape index (κ1) is 31.0. The molecule has 3 heterocycles. The summed E-state index contributed by atoms with van der Waals surface area (Å²) >= 11 is 3.83. The number of aryl methyl sites for hydroxylation is 3. The number of hydrogen-bond donors (Lipinski definition) is 0. The van der Waals surface area contributed by atoms with Gasteiger partial charge in [0.1, 0.15) is 11.4 Å². The third kappa shape index (κ3) is 7.57. The molecule has 228 valence electrons. The summed E-state index contributed by atoms with van der Waals surface area (Å²) in [7, 11) is 0. The third-order valence-electron chi connectivity index (χ3n) is 8.09. The fourth-order valence-corrected chi connectivity index (χ4v) is 6.49. The maximum Gasteiger partial charge on any atom is 0.320 e. The van der Waals surface area contributed by atoms with E-state index in [2.05, 4.69) is 79.2 Å². The minimum atomic E-state index is -0.453. The fourth-order valence-electron chi connectivity index (χ4n) is 5.92. The summed E-state index contributed by atoms with van der Waals surface area (Å²) in [4.78, 5) is 21.2. The number of nitrogens with zero attached hydrogens (tertiary/aromatic N) is 5. The highest BCUT2D eigenvalue weighted by atomic mass is 79.9. The van der Waals surface area contributed by atoms with Gasteiger partial charge in [0, 0.05) is 40.3 Å². The van der Waals surface area contributed by atoms with Crippen molar-refractivity contribution in [2.45, 2.75) is 66.4 Å². The molecular weight excluding hydrogens is 606 g/mol. The smallest absolute Gasteiger partial charge is 0.320 e. The van der Waals surface area contributed by atoms with E-state index in [1.54, 1.807) is 6.20 Å². The van der Waals surface area contributed by atoms with Crippen molar-refractivity contribution in [3.05, 3.63) is 76.6 Å². The third-order valence-corrected chi connectivity index (χ3v) is 8.72. The zero-order valence-electron chi connectivity index (χ0n) is 26.1. The van der Waals surface area contributed by atoms with E-state index >= 15 is 0 Å². The summed E-state index contributed by atoms with van der Waals surface area (Å²) in [5.74, 6) is 1.26. The topological polar surface area (TPSA) is 76.6 Å². The number of likely N-dealkylation sites (tertiary alicyclic amines) is 1. The van der Waals surface area contributed by atoms with E-state index in [1.165, 1.54) is 11.3 Å². The number of rotatable bonds is 9. The molecule has 1 fully saturated rings. The van der Waals surface area contributed by atoms with Crippen molar-refractivity contribution >= 4 is 33.3 Å². The molecule has 0 aliphatic carbocycles. The average molecular weight is 649 g/mol. The second-order valence-corrected chi connectivity index (χ2v) is 13.4. The van der Waals surface area contributed by atoms with Crippen molar-refractivity contribution in [2.75, 3.05) is 31.1 Å². The van der Waals surface area contributed by atoms with Gasteiger partial charge in [-0.3, -0.25) is 9.69 Å². The maximum atomic E-state index is 12.4. The number of imidazole rings is 1. The van der Waals surface area contributed by atoms with Crippen LogP contribution in [0.1, 0.15) is 57.1 Å². The first-order valence-corrected chi connectivity index (χ1v) is 15.8. The van der Waals surface area contributed by atoms with Crippen LogP contribution in [0.3, 0.4) is 0 Å². The predicted octanol–water partition coefficient (Wildman–Crippen LogP) is 7.80. The van der Waals surface area contributed by atoms with Crippen LogP contribution in [0.4, 0.5) is 11.4 Å². The molecule has 0 radical (unpaired) electrons. The zero-order chi connectivity index (χ0) is 30.7. The molecule has 1 aliphatic heterocycles. The van der Waals surface area contributed by atoms with E-state index in [0.29, 0.717) is 12.5 Å². The van der Waals surface area contributed by atoms with Gasteiger partial charge in [0.2, 0.25) is 0 Å². The van der Waals surface area contributed by atoms with E-state index in [0.717, 1.165) is 77.3 Å². The molecule has 0 spiro atoms. The molecule has 0 saturated carbocycles. The highest BCUT2D eigenvalue weighted by Crippen LogP contribution is 2.37. The van der Waals surface area contributed by atoms with E-state index in [4.69, 9.17) is 9.26 Å². The van der Waals surface area contributed by atoms with Gasteiger partial charge in [-0.15, -0.1) is 0 Å². The molecule has 0 unspecified atom stereocenters. The maximum absolute atomic E-state index is 12.4. The molecule has 43 heavy (non-hydrogen) atoms. The van der Waals surface area contributed by atoms with Gasteiger partial charge in [-0.1, -0.05) is 17.3 Å². The number of aromatic nitrogens is 3. The molecule has 0 amide bonds. The SMILES string of the molecule is Cc1ccc(-c2c(C)noc2C)cc1N(CCC1CCN(CC(=O)OC(C)(C)C)CC1)c1ccc(-n2ccnc2)c(Br)c1. The number of hydrogen-bond acceptors (Lipinski definition) is 7. The minimum Gasteiger partial charge on any atom is -0.459 e. The molecule has 8 nitrogen and oxygen atoms in total. The number of halogens is 1. The van der Waals surface area contributed by atoms with Crippen LogP contribution in [0, 0.1) is 26.7 Å². The molecule has 2 aromatic heterocycles. The first-order valence-electron chi connectivity index (χ1n) is 15.0. The number of carbonyl (C=O) groups is 1. The highest BCUT2D eigenvalue weighted by Gasteiger charge is 2.25. The van der Waals surface area contributed by atoms with E-state index in [-0.39, 0.29) is 5.97 Å². The minimum absolute atomic E-state index is 0.143. The number of carbonyl (C=O) groups excluding carboxylic acids is 1. The van der Waals surface area contributed by atoms with Crippen molar-refractivity contribution in [1.29, 1.82) is 0 Å². The Bertz CT molecular complexity index is 1530. The van der Waals surface area contributed by atoms with Crippen LogP contribution in [0.5, 0.6) is 0 Å². The molecule has 2 aromatic carbocycles. The quantitative estimate of drug-likeness (QED) is 0.172. The van der Waals surface area contributed by atoms with Crippen LogP contribution in [-0.4, -0.2) is 57.4 Å². The van der Waals surface area contributed by atoms with Gasteiger partial charge in [0.05, 0.1) is 24.3 Å². The second kappa shape index (κ2) is 13.1. The van der Waals surface area contributed by atoms with Crippen LogP contribution in [-0.2, 0) is 9.53 Å². The van der Waals surface area contributed by atoms with Crippen LogP contribution in [0.25, 0.3) is 16.8 Å². The Kier molecular flexibility index (Phi) is 9.42. The van der Waals surface area contributed by atoms with Crippen LogP contribution in [0.15, 0.2) is 64.1 Å². The molecule has 5 rings (SSSR count).